The van der Waals surface area contributed by atoms with Crippen LogP contribution in [0.1, 0.15) is 10.4 Å². The van der Waals surface area contributed by atoms with Gasteiger partial charge in [-0.2, -0.15) is 0 Å². The zero-order valence-electron chi connectivity index (χ0n) is 17.9. The molecule has 0 aliphatic rings. The molecule has 0 saturated carbocycles. The van der Waals surface area contributed by atoms with Crippen molar-refractivity contribution < 1.29 is 23.5 Å². The number of carbonyl (C=O) groups is 2. The minimum absolute atomic E-state index is 0.0384. The van der Waals surface area contributed by atoms with Crippen molar-refractivity contribution in [3.8, 4) is 11.4 Å². The van der Waals surface area contributed by atoms with E-state index >= 15 is 0 Å². The van der Waals surface area contributed by atoms with E-state index in [1.807, 2.05) is 0 Å². The molecule has 11 heteroatoms. The summed E-state index contributed by atoms with van der Waals surface area (Å²) in [6.07, 6.45) is 3.91. The van der Waals surface area contributed by atoms with E-state index in [9.17, 15) is 14.0 Å². The molecule has 0 atom stereocenters. The van der Waals surface area contributed by atoms with E-state index in [0.717, 1.165) is 0 Å². The number of rotatable bonds is 5. The van der Waals surface area contributed by atoms with Gasteiger partial charge in [0.1, 0.15) is 12.1 Å². The molecule has 3 heterocycles. The van der Waals surface area contributed by atoms with Crippen molar-refractivity contribution >= 4 is 34.7 Å². The molecule has 1 aromatic carbocycles. The molecule has 0 radical (unpaired) electrons. The van der Waals surface area contributed by atoms with Crippen LogP contribution in [-0.2, 0) is 4.74 Å². The van der Waals surface area contributed by atoms with Gasteiger partial charge in [0.15, 0.2) is 17.2 Å². The van der Waals surface area contributed by atoms with E-state index in [0.29, 0.717) is 33.9 Å². The summed E-state index contributed by atoms with van der Waals surface area (Å²) in [4.78, 5) is 38.5. The average molecular weight is 450 g/mol. The van der Waals surface area contributed by atoms with Gasteiger partial charge in [-0.3, -0.25) is 14.7 Å². The maximum absolute atomic E-state index is 13.7. The lowest BCUT2D eigenvalue weighted by molar-refractivity contribution is 0.0992. The lowest BCUT2D eigenvalue weighted by atomic mass is 10.2. The minimum atomic E-state index is -0.626. The van der Waals surface area contributed by atoms with E-state index in [-0.39, 0.29) is 11.7 Å². The van der Waals surface area contributed by atoms with Gasteiger partial charge in [-0.25, -0.2) is 24.1 Å². The molecule has 4 aromatic rings. The van der Waals surface area contributed by atoms with Gasteiger partial charge < -0.3 is 14.4 Å². The molecular weight excluding hydrogens is 431 g/mol. The van der Waals surface area contributed by atoms with Crippen LogP contribution in [0.4, 0.5) is 20.7 Å². The number of pyridine rings is 2. The SMILES string of the molecule is COC(=O)Nc1ccc(-n2cnc3ncc(C(=O)N(C)c4ccc(F)c(OC)c4)cc32)cn1. The Bertz CT molecular complexity index is 1340. The van der Waals surface area contributed by atoms with Crippen LogP contribution in [0, 0.1) is 5.82 Å². The number of halogens is 1. The molecule has 33 heavy (non-hydrogen) atoms. The molecule has 0 aliphatic carbocycles. The highest BCUT2D eigenvalue weighted by atomic mass is 19.1. The van der Waals surface area contributed by atoms with Crippen LogP contribution < -0.4 is 15.0 Å². The molecular formula is C22H19FN6O4. The van der Waals surface area contributed by atoms with Gasteiger partial charge >= 0.3 is 6.09 Å². The third kappa shape index (κ3) is 4.28. The second-order valence-electron chi connectivity index (χ2n) is 6.88. The van der Waals surface area contributed by atoms with Crippen molar-refractivity contribution in [2.24, 2.45) is 0 Å². The zero-order chi connectivity index (χ0) is 23.5. The fraction of sp³-hybridized carbons (Fsp3) is 0.136. The number of fused-ring (bicyclic) bond motifs is 1. The Morgan fingerprint density at radius 3 is 2.58 bits per heavy atom. The molecule has 2 amide bonds. The molecule has 0 saturated heterocycles. The van der Waals surface area contributed by atoms with E-state index in [1.165, 1.54) is 49.7 Å². The maximum Gasteiger partial charge on any atom is 0.412 e. The van der Waals surface area contributed by atoms with Gasteiger partial charge in [0, 0.05) is 25.0 Å². The van der Waals surface area contributed by atoms with Crippen LogP contribution in [0.3, 0.4) is 0 Å². The van der Waals surface area contributed by atoms with Crippen molar-refractivity contribution in [3.05, 3.63) is 66.5 Å². The lowest BCUT2D eigenvalue weighted by Gasteiger charge is -2.18. The quantitative estimate of drug-likeness (QED) is 0.496. The second-order valence-corrected chi connectivity index (χ2v) is 6.88. The van der Waals surface area contributed by atoms with Crippen molar-refractivity contribution in [3.63, 3.8) is 0 Å². The number of methoxy groups -OCH3 is 2. The van der Waals surface area contributed by atoms with Crippen LogP contribution in [0.2, 0.25) is 0 Å². The molecule has 0 fully saturated rings. The van der Waals surface area contributed by atoms with Crippen LogP contribution >= 0.6 is 0 Å². The van der Waals surface area contributed by atoms with Crippen molar-refractivity contribution in [1.82, 2.24) is 19.5 Å². The highest BCUT2D eigenvalue weighted by Gasteiger charge is 2.18. The molecule has 1 N–H and O–H groups in total. The first-order valence-electron chi connectivity index (χ1n) is 9.67. The Morgan fingerprint density at radius 1 is 1.06 bits per heavy atom. The average Bonchev–Trinajstić information content (AvgIpc) is 3.27. The molecule has 3 aromatic heterocycles. The summed E-state index contributed by atoms with van der Waals surface area (Å²) in [5.41, 5.74) is 2.45. The minimum Gasteiger partial charge on any atom is -0.494 e. The maximum atomic E-state index is 13.7. The fourth-order valence-corrected chi connectivity index (χ4v) is 3.15. The highest BCUT2D eigenvalue weighted by molar-refractivity contribution is 6.06. The van der Waals surface area contributed by atoms with E-state index in [1.54, 1.807) is 36.1 Å². The molecule has 0 bridgehead atoms. The predicted octanol–water partition coefficient (Wildman–Crippen LogP) is 3.42. The number of amides is 2. The Morgan fingerprint density at radius 2 is 1.88 bits per heavy atom. The first-order valence-corrected chi connectivity index (χ1v) is 9.67. The van der Waals surface area contributed by atoms with Crippen LogP contribution in [0.5, 0.6) is 5.75 Å². The summed E-state index contributed by atoms with van der Waals surface area (Å²) in [7, 11) is 4.20. The van der Waals surface area contributed by atoms with Crippen LogP contribution in [-0.4, -0.2) is 52.8 Å². The van der Waals surface area contributed by atoms with Gasteiger partial charge in [0.2, 0.25) is 0 Å². The second kappa shape index (κ2) is 8.91. The summed E-state index contributed by atoms with van der Waals surface area (Å²) >= 11 is 0. The summed E-state index contributed by atoms with van der Waals surface area (Å²) in [6.45, 7) is 0. The number of nitrogens with zero attached hydrogens (tertiary/aromatic N) is 5. The van der Waals surface area contributed by atoms with Gasteiger partial charge in [0.05, 0.1) is 37.2 Å². The Hall–Kier alpha value is -4.54. The number of benzene rings is 1. The van der Waals surface area contributed by atoms with E-state index < -0.39 is 11.9 Å². The number of hydrogen-bond donors (Lipinski definition) is 1. The third-order valence-corrected chi connectivity index (χ3v) is 4.92. The lowest BCUT2D eigenvalue weighted by Crippen LogP contribution is -2.26. The summed E-state index contributed by atoms with van der Waals surface area (Å²) in [5, 5.41) is 2.47. The van der Waals surface area contributed by atoms with Crippen molar-refractivity contribution in [1.29, 1.82) is 0 Å². The monoisotopic (exact) mass is 450 g/mol. The number of carbonyl (C=O) groups excluding carboxylic acids is 2. The summed E-state index contributed by atoms with van der Waals surface area (Å²) in [5.74, 6) is -0.506. The number of imidazole rings is 1. The van der Waals surface area contributed by atoms with E-state index in [2.05, 4.69) is 25.0 Å². The third-order valence-electron chi connectivity index (χ3n) is 4.92. The molecule has 0 aliphatic heterocycles. The van der Waals surface area contributed by atoms with Crippen molar-refractivity contribution in [2.75, 3.05) is 31.5 Å². The van der Waals surface area contributed by atoms with Gasteiger partial charge in [-0.05, 0) is 30.3 Å². The number of anilines is 2. The van der Waals surface area contributed by atoms with Gasteiger partial charge in [-0.15, -0.1) is 0 Å². The van der Waals surface area contributed by atoms with Crippen LogP contribution in [0.15, 0.2) is 55.1 Å². The first-order chi connectivity index (χ1) is 15.9. The highest BCUT2D eigenvalue weighted by Crippen LogP contribution is 2.25. The number of nitrogens with one attached hydrogen (secondary N) is 1. The topological polar surface area (TPSA) is 111 Å². The Labute approximate surface area is 187 Å². The fourth-order valence-electron chi connectivity index (χ4n) is 3.15. The number of aromatic nitrogens is 4. The normalized spacial score (nSPS) is 10.7. The molecule has 168 valence electrons. The molecule has 0 spiro atoms. The first kappa shape index (κ1) is 21.7. The number of hydrogen-bond acceptors (Lipinski definition) is 7. The zero-order valence-corrected chi connectivity index (χ0v) is 17.9. The van der Waals surface area contributed by atoms with Gasteiger partial charge in [-0.1, -0.05) is 0 Å². The Kier molecular flexibility index (Phi) is 5.85. The van der Waals surface area contributed by atoms with Crippen LogP contribution in [0.25, 0.3) is 16.9 Å². The standard InChI is InChI=1S/C22H19FN6O4/c1-28(14-4-6-16(23)18(9-14)32-2)21(30)13-8-17-20(25-10-13)26-12-29(17)15-5-7-19(24-11-15)27-22(31)33-3/h4-12H,1-3H3,(H,24,27,31). The van der Waals surface area contributed by atoms with E-state index in [4.69, 9.17) is 4.74 Å². The largest absolute Gasteiger partial charge is 0.494 e. The van der Waals surface area contributed by atoms with Crippen molar-refractivity contribution in [2.45, 2.75) is 0 Å². The molecule has 4 rings (SSSR count). The summed E-state index contributed by atoms with van der Waals surface area (Å²) < 4.78 is 25.0. The molecule has 0 unspecified atom stereocenters. The number of ether oxygens (including phenoxy) is 2. The summed E-state index contributed by atoms with van der Waals surface area (Å²) in [6, 6.07) is 9.16. The Balaban J connectivity index is 1.64. The smallest absolute Gasteiger partial charge is 0.412 e. The molecule has 10 nitrogen and oxygen atoms in total. The van der Waals surface area contributed by atoms with Gasteiger partial charge in [0.25, 0.3) is 5.91 Å². The predicted molar refractivity (Wildman–Crippen MR) is 118 cm³/mol.